The van der Waals surface area contributed by atoms with Crippen molar-refractivity contribution in [3.05, 3.63) is 35.6 Å². The summed E-state index contributed by atoms with van der Waals surface area (Å²) < 4.78 is 13.2. The van der Waals surface area contributed by atoms with Crippen molar-refractivity contribution < 1.29 is 9.18 Å². The van der Waals surface area contributed by atoms with Crippen LogP contribution in [0.15, 0.2) is 24.3 Å². The van der Waals surface area contributed by atoms with Crippen LogP contribution < -0.4 is 5.32 Å². The zero-order valence-electron chi connectivity index (χ0n) is 10.8. The molecule has 2 nitrogen and oxygen atoms in total. The van der Waals surface area contributed by atoms with Crippen molar-refractivity contribution in [2.45, 2.75) is 26.7 Å². The van der Waals surface area contributed by atoms with Gasteiger partial charge in [0.25, 0.3) is 0 Å². The normalized spacial score (nSPS) is 9.78. The molecule has 0 radical (unpaired) electrons. The van der Waals surface area contributed by atoms with Crippen LogP contribution in [-0.4, -0.2) is 12.5 Å². The number of hydrogen-bond donors (Lipinski definition) is 1. The van der Waals surface area contributed by atoms with E-state index in [9.17, 15) is 9.18 Å². The van der Waals surface area contributed by atoms with Gasteiger partial charge in [0.1, 0.15) is 5.82 Å². The SMILES string of the molecule is CCC(CC)C(=O)NCC#Cc1ccccc1F. The van der Waals surface area contributed by atoms with Gasteiger partial charge in [-0.1, -0.05) is 37.8 Å². The quantitative estimate of drug-likeness (QED) is 0.814. The molecule has 0 fully saturated rings. The first kappa shape index (κ1) is 14.2. The molecule has 1 rings (SSSR count). The molecule has 1 aromatic carbocycles. The Balaban J connectivity index is 2.48. The second-order valence-electron chi connectivity index (χ2n) is 4.01. The van der Waals surface area contributed by atoms with Gasteiger partial charge in [0.05, 0.1) is 12.1 Å². The van der Waals surface area contributed by atoms with Gasteiger partial charge in [-0.25, -0.2) is 4.39 Å². The van der Waals surface area contributed by atoms with E-state index < -0.39 is 0 Å². The van der Waals surface area contributed by atoms with Crippen LogP contribution in [0.25, 0.3) is 0 Å². The van der Waals surface area contributed by atoms with Crippen molar-refractivity contribution >= 4 is 5.91 Å². The molecule has 0 saturated heterocycles. The Kier molecular flexibility index (Phi) is 5.93. The first-order chi connectivity index (χ1) is 8.69. The highest BCUT2D eigenvalue weighted by Gasteiger charge is 2.12. The molecule has 0 bridgehead atoms. The molecule has 0 saturated carbocycles. The van der Waals surface area contributed by atoms with Gasteiger partial charge in [-0.3, -0.25) is 4.79 Å². The third-order valence-corrected chi connectivity index (χ3v) is 2.80. The van der Waals surface area contributed by atoms with Crippen LogP contribution in [0.2, 0.25) is 0 Å². The third-order valence-electron chi connectivity index (χ3n) is 2.80. The van der Waals surface area contributed by atoms with Gasteiger partial charge in [-0.2, -0.15) is 0 Å². The highest BCUT2D eigenvalue weighted by atomic mass is 19.1. The Morgan fingerprint density at radius 2 is 2.00 bits per heavy atom. The van der Waals surface area contributed by atoms with E-state index in [0.717, 1.165) is 12.8 Å². The van der Waals surface area contributed by atoms with Gasteiger partial charge in [0, 0.05) is 5.92 Å². The van der Waals surface area contributed by atoms with E-state index in [1.165, 1.54) is 6.07 Å². The van der Waals surface area contributed by atoms with E-state index in [2.05, 4.69) is 17.2 Å². The van der Waals surface area contributed by atoms with E-state index >= 15 is 0 Å². The molecule has 0 atom stereocenters. The Morgan fingerprint density at radius 3 is 2.61 bits per heavy atom. The second kappa shape index (κ2) is 7.50. The number of amides is 1. The smallest absolute Gasteiger partial charge is 0.223 e. The molecular formula is C15H18FNO. The number of halogens is 1. The summed E-state index contributed by atoms with van der Waals surface area (Å²) in [4.78, 5) is 11.6. The second-order valence-corrected chi connectivity index (χ2v) is 4.01. The first-order valence-electron chi connectivity index (χ1n) is 6.20. The molecule has 1 aromatic rings. The topological polar surface area (TPSA) is 29.1 Å². The van der Waals surface area contributed by atoms with E-state index in [-0.39, 0.29) is 24.2 Å². The lowest BCUT2D eigenvalue weighted by molar-refractivity contribution is -0.124. The van der Waals surface area contributed by atoms with Crippen molar-refractivity contribution in [2.24, 2.45) is 5.92 Å². The predicted molar refractivity (Wildman–Crippen MR) is 70.4 cm³/mol. The fourth-order valence-electron chi connectivity index (χ4n) is 1.64. The van der Waals surface area contributed by atoms with Gasteiger partial charge in [-0.05, 0) is 25.0 Å². The van der Waals surface area contributed by atoms with Crippen LogP contribution in [0.4, 0.5) is 4.39 Å². The lowest BCUT2D eigenvalue weighted by Crippen LogP contribution is -2.30. The monoisotopic (exact) mass is 247 g/mol. The molecule has 0 heterocycles. The lowest BCUT2D eigenvalue weighted by Gasteiger charge is -2.10. The minimum Gasteiger partial charge on any atom is -0.345 e. The standard InChI is InChI=1S/C15H18FNO/c1-3-12(4-2)15(18)17-11-7-9-13-8-5-6-10-14(13)16/h5-6,8,10,12H,3-4,11H2,1-2H3,(H,17,18). The summed E-state index contributed by atoms with van der Waals surface area (Å²) in [5.74, 6) is 5.18. The largest absolute Gasteiger partial charge is 0.345 e. The van der Waals surface area contributed by atoms with Gasteiger partial charge >= 0.3 is 0 Å². The number of carbonyl (C=O) groups excluding carboxylic acids is 1. The van der Waals surface area contributed by atoms with Crippen LogP contribution in [-0.2, 0) is 4.79 Å². The summed E-state index contributed by atoms with van der Waals surface area (Å²) in [6.45, 7) is 4.22. The van der Waals surface area contributed by atoms with Crippen LogP contribution in [0.1, 0.15) is 32.3 Å². The van der Waals surface area contributed by atoms with Gasteiger partial charge in [-0.15, -0.1) is 0 Å². The Morgan fingerprint density at radius 1 is 1.33 bits per heavy atom. The average molecular weight is 247 g/mol. The number of hydrogen-bond acceptors (Lipinski definition) is 1. The lowest BCUT2D eigenvalue weighted by atomic mass is 10.0. The average Bonchev–Trinajstić information content (AvgIpc) is 2.38. The summed E-state index contributed by atoms with van der Waals surface area (Å²) in [7, 11) is 0. The molecule has 0 unspecified atom stereocenters. The maximum atomic E-state index is 13.2. The Bertz CT molecular complexity index is 455. The number of nitrogens with one attached hydrogen (secondary N) is 1. The maximum Gasteiger partial charge on any atom is 0.223 e. The van der Waals surface area contributed by atoms with Crippen molar-refractivity contribution in [1.82, 2.24) is 5.32 Å². The Hall–Kier alpha value is -1.82. The highest BCUT2D eigenvalue weighted by molar-refractivity contribution is 5.78. The molecular weight excluding hydrogens is 229 g/mol. The molecule has 1 N–H and O–H groups in total. The van der Waals surface area contributed by atoms with Crippen molar-refractivity contribution in [3.8, 4) is 11.8 Å². The molecule has 0 aliphatic heterocycles. The Labute approximate surface area is 108 Å². The summed E-state index contributed by atoms with van der Waals surface area (Å²) in [6, 6.07) is 6.34. The van der Waals surface area contributed by atoms with Crippen LogP contribution in [0, 0.1) is 23.6 Å². The zero-order chi connectivity index (χ0) is 13.4. The summed E-state index contributed by atoms with van der Waals surface area (Å²) in [5, 5.41) is 2.74. The van der Waals surface area contributed by atoms with Crippen molar-refractivity contribution in [3.63, 3.8) is 0 Å². The maximum absolute atomic E-state index is 13.2. The molecule has 0 spiro atoms. The highest BCUT2D eigenvalue weighted by Crippen LogP contribution is 2.06. The number of rotatable bonds is 4. The number of carbonyl (C=O) groups is 1. The minimum absolute atomic E-state index is 0.0165. The zero-order valence-corrected chi connectivity index (χ0v) is 10.8. The van der Waals surface area contributed by atoms with E-state index in [1.54, 1.807) is 18.2 Å². The van der Waals surface area contributed by atoms with Gasteiger partial charge < -0.3 is 5.32 Å². The predicted octanol–water partition coefficient (Wildman–Crippen LogP) is 2.73. The fourth-order valence-corrected chi connectivity index (χ4v) is 1.64. The van der Waals surface area contributed by atoms with E-state index in [1.807, 2.05) is 13.8 Å². The van der Waals surface area contributed by atoms with Gasteiger partial charge in [0.2, 0.25) is 5.91 Å². The number of benzene rings is 1. The van der Waals surface area contributed by atoms with Crippen molar-refractivity contribution in [2.75, 3.05) is 6.54 Å². The fraction of sp³-hybridized carbons (Fsp3) is 0.400. The van der Waals surface area contributed by atoms with Crippen molar-refractivity contribution in [1.29, 1.82) is 0 Å². The molecule has 0 aliphatic rings. The minimum atomic E-state index is -0.337. The summed E-state index contributed by atoms with van der Waals surface area (Å²) in [6.07, 6.45) is 1.64. The molecule has 0 aliphatic carbocycles. The third kappa shape index (κ3) is 4.21. The molecule has 1 amide bonds. The summed E-state index contributed by atoms with van der Waals surface area (Å²) >= 11 is 0. The molecule has 0 aromatic heterocycles. The van der Waals surface area contributed by atoms with Crippen LogP contribution >= 0.6 is 0 Å². The molecule has 18 heavy (non-hydrogen) atoms. The van der Waals surface area contributed by atoms with Crippen LogP contribution in [0.5, 0.6) is 0 Å². The van der Waals surface area contributed by atoms with Crippen LogP contribution in [0.3, 0.4) is 0 Å². The van der Waals surface area contributed by atoms with Gasteiger partial charge in [0.15, 0.2) is 0 Å². The molecule has 3 heteroatoms. The van der Waals surface area contributed by atoms with E-state index in [0.29, 0.717) is 5.56 Å². The molecule has 96 valence electrons. The van der Waals surface area contributed by atoms with E-state index in [4.69, 9.17) is 0 Å². The summed E-state index contributed by atoms with van der Waals surface area (Å²) in [5.41, 5.74) is 0.356. The first-order valence-corrected chi connectivity index (χ1v) is 6.20.